The molecule has 0 saturated carbocycles. The molecule has 0 spiro atoms. The Kier molecular flexibility index (Phi) is 5.43. The topological polar surface area (TPSA) is 29.9 Å². The van der Waals surface area contributed by atoms with E-state index in [4.69, 9.17) is 11.6 Å². The second kappa shape index (κ2) is 7.10. The van der Waals surface area contributed by atoms with Gasteiger partial charge in [0, 0.05) is 31.1 Å². The molecule has 4 heteroatoms. The predicted octanol–water partition coefficient (Wildman–Crippen LogP) is 3.71. The van der Waals surface area contributed by atoms with Gasteiger partial charge < -0.3 is 5.32 Å². The van der Waals surface area contributed by atoms with Crippen LogP contribution in [0.3, 0.4) is 0 Å². The first-order chi connectivity index (χ1) is 9.99. The first-order valence-corrected chi connectivity index (χ1v) is 7.83. The second-order valence-electron chi connectivity index (χ2n) is 5.85. The van der Waals surface area contributed by atoms with E-state index in [9.17, 15) is 0 Å². The molecule has 0 fully saturated rings. The maximum Gasteiger partial charge on any atom is 0.130 e. The Morgan fingerprint density at radius 2 is 1.90 bits per heavy atom. The molecule has 2 aromatic rings. The van der Waals surface area contributed by atoms with Crippen LogP contribution in [0.5, 0.6) is 0 Å². The van der Waals surface area contributed by atoms with Crippen LogP contribution < -0.4 is 5.32 Å². The smallest absolute Gasteiger partial charge is 0.130 e. The highest BCUT2D eigenvalue weighted by atomic mass is 35.5. The van der Waals surface area contributed by atoms with Gasteiger partial charge >= 0.3 is 0 Å². The Labute approximate surface area is 132 Å². The molecule has 1 N–H and O–H groups in total. The van der Waals surface area contributed by atoms with Gasteiger partial charge in [0.25, 0.3) is 0 Å². The highest BCUT2D eigenvalue weighted by molar-refractivity contribution is 6.30. The molecule has 3 nitrogen and oxygen atoms in total. The van der Waals surface area contributed by atoms with Crippen molar-refractivity contribution < 1.29 is 0 Å². The standard InChI is InChI=1S/C17H24ClN3/c1-12(2)19-11-15(14-8-6-5-7-9-14)10-16-13(3)20-21(4)17(16)18/h5-9,12,15,19H,10-11H2,1-4H3. The summed E-state index contributed by atoms with van der Waals surface area (Å²) in [6.07, 6.45) is 0.905. The van der Waals surface area contributed by atoms with Crippen LogP contribution in [0.25, 0.3) is 0 Å². The third-order valence-corrected chi connectivity index (χ3v) is 4.24. The molecular formula is C17H24ClN3. The predicted molar refractivity (Wildman–Crippen MR) is 89.0 cm³/mol. The maximum atomic E-state index is 6.39. The molecule has 0 amide bonds. The molecule has 114 valence electrons. The molecule has 0 aliphatic heterocycles. The Morgan fingerprint density at radius 3 is 2.43 bits per heavy atom. The van der Waals surface area contributed by atoms with Crippen molar-refractivity contribution in [2.75, 3.05) is 6.54 Å². The van der Waals surface area contributed by atoms with Crippen molar-refractivity contribution in [3.05, 3.63) is 52.3 Å². The number of halogens is 1. The monoisotopic (exact) mass is 305 g/mol. The number of benzene rings is 1. The van der Waals surface area contributed by atoms with Crippen molar-refractivity contribution >= 4 is 11.6 Å². The van der Waals surface area contributed by atoms with Crippen molar-refractivity contribution in [3.63, 3.8) is 0 Å². The minimum atomic E-state index is 0.397. The molecular weight excluding hydrogens is 282 g/mol. The lowest BCUT2D eigenvalue weighted by atomic mass is 9.92. The van der Waals surface area contributed by atoms with Gasteiger partial charge in [-0.3, -0.25) is 4.68 Å². The summed E-state index contributed by atoms with van der Waals surface area (Å²) in [4.78, 5) is 0. The fourth-order valence-corrected chi connectivity index (χ4v) is 2.81. The van der Waals surface area contributed by atoms with Crippen LogP contribution in [0.15, 0.2) is 30.3 Å². The number of nitrogens with zero attached hydrogens (tertiary/aromatic N) is 2. The average Bonchev–Trinajstić information content (AvgIpc) is 2.70. The minimum absolute atomic E-state index is 0.397. The third-order valence-electron chi connectivity index (χ3n) is 3.76. The van der Waals surface area contributed by atoms with Crippen LogP contribution in [0.4, 0.5) is 0 Å². The molecule has 1 aromatic carbocycles. The first kappa shape index (κ1) is 16.1. The van der Waals surface area contributed by atoms with Crippen LogP contribution in [-0.4, -0.2) is 22.4 Å². The molecule has 0 aliphatic carbocycles. The van der Waals surface area contributed by atoms with E-state index < -0.39 is 0 Å². The maximum absolute atomic E-state index is 6.39. The zero-order chi connectivity index (χ0) is 15.4. The second-order valence-corrected chi connectivity index (χ2v) is 6.21. The van der Waals surface area contributed by atoms with Crippen LogP contribution >= 0.6 is 11.6 Å². The normalized spacial score (nSPS) is 12.9. The summed E-state index contributed by atoms with van der Waals surface area (Å²) >= 11 is 6.39. The Morgan fingerprint density at radius 1 is 1.24 bits per heavy atom. The van der Waals surface area contributed by atoms with Gasteiger partial charge in [-0.2, -0.15) is 5.10 Å². The quantitative estimate of drug-likeness (QED) is 0.882. The Balaban J connectivity index is 2.23. The number of nitrogens with one attached hydrogen (secondary N) is 1. The van der Waals surface area contributed by atoms with E-state index >= 15 is 0 Å². The van der Waals surface area contributed by atoms with E-state index in [-0.39, 0.29) is 0 Å². The third kappa shape index (κ3) is 4.08. The zero-order valence-corrected chi connectivity index (χ0v) is 14.0. The fourth-order valence-electron chi connectivity index (χ4n) is 2.56. The number of aromatic nitrogens is 2. The SMILES string of the molecule is Cc1nn(C)c(Cl)c1CC(CNC(C)C)c1ccccc1. The van der Waals surface area contributed by atoms with Gasteiger partial charge in [0.15, 0.2) is 0 Å². The van der Waals surface area contributed by atoms with Crippen molar-refractivity contribution in [2.45, 2.75) is 39.2 Å². The molecule has 2 rings (SSSR count). The summed E-state index contributed by atoms with van der Waals surface area (Å²) in [6.45, 7) is 7.31. The van der Waals surface area contributed by atoms with Crippen LogP contribution in [0.1, 0.15) is 36.6 Å². The van der Waals surface area contributed by atoms with E-state index in [0.717, 1.165) is 29.4 Å². The van der Waals surface area contributed by atoms with Crippen molar-refractivity contribution in [1.82, 2.24) is 15.1 Å². The van der Waals surface area contributed by atoms with E-state index in [1.807, 2.05) is 14.0 Å². The van der Waals surface area contributed by atoms with E-state index in [1.54, 1.807) is 4.68 Å². The number of aryl methyl sites for hydroxylation is 2. The highest BCUT2D eigenvalue weighted by Crippen LogP contribution is 2.27. The lowest BCUT2D eigenvalue weighted by Gasteiger charge is -2.20. The van der Waals surface area contributed by atoms with Gasteiger partial charge in [-0.25, -0.2) is 0 Å². The Bertz CT molecular complexity index is 575. The summed E-state index contributed by atoms with van der Waals surface area (Å²) in [5.41, 5.74) is 3.51. The summed E-state index contributed by atoms with van der Waals surface area (Å²) < 4.78 is 1.75. The van der Waals surface area contributed by atoms with E-state index in [0.29, 0.717) is 12.0 Å². The van der Waals surface area contributed by atoms with Gasteiger partial charge in [0.2, 0.25) is 0 Å². The fraction of sp³-hybridized carbons (Fsp3) is 0.471. The Hall–Kier alpha value is -1.32. The van der Waals surface area contributed by atoms with Gasteiger partial charge in [-0.1, -0.05) is 55.8 Å². The summed E-state index contributed by atoms with van der Waals surface area (Å²) in [7, 11) is 1.89. The number of hydrogen-bond acceptors (Lipinski definition) is 2. The summed E-state index contributed by atoms with van der Waals surface area (Å²) in [5.74, 6) is 0.397. The number of rotatable bonds is 6. The van der Waals surface area contributed by atoms with Gasteiger partial charge in [-0.05, 0) is 18.9 Å². The van der Waals surface area contributed by atoms with Gasteiger partial charge in [0.1, 0.15) is 5.15 Å². The molecule has 0 saturated heterocycles. The molecule has 0 aliphatic rings. The van der Waals surface area contributed by atoms with Crippen molar-refractivity contribution in [2.24, 2.45) is 7.05 Å². The molecule has 0 bridgehead atoms. The molecule has 21 heavy (non-hydrogen) atoms. The largest absolute Gasteiger partial charge is 0.314 e. The molecule has 1 unspecified atom stereocenters. The van der Waals surface area contributed by atoms with Gasteiger partial charge in [-0.15, -0.1) is 0 Å². The molecule has 1 atom stereocenters. The van der Waals surface area contributed by atoms with Crippen LogP contribution in [0.2, 0.25) is 5.15 Å². The first-order valence-electron chi connectivity index (χ1n) is 7.45. The van der Waals surface area contributed by atoms with Crippen molar-refractivity contribution in [3.8, 4) is 0 Å². The van der Waals surface area contributed by atoms with Gasteiger partial charge in [0.05, 0.1) is 5.69 Å². The van der Waals surface area contributed by atoms with Crippen LogP contribution in [-0.2, 0) is 13.5 Å². The number of hydrogen-bond donors (Lipinski definition) is 1. The molecule has 1 heterocycles. The van der Waals surface area contributed by atoms with Crippen LogP contribution in [0, 0.1) is 6.92 Å². The average molecular weight is 306 g/mol. The summed E-state index contributed by atoms with van der Waals surface area (Å²) in [5, 5.41) is 8.70. The lowest BCUT2D eigenvalue weighted by Crippen LogP contribution is -2.29. The van der Waals surface area contributed by atoms with E-state index in [2.05, 4.69) is 54.6 Å². The minimum Gasteiger partial charge on any atom is -0.314 e. The van der Waals surface area contributed by atoms with Crippen molar-refractivity contribution in [1.29, 1.82) is 0 Å². The summed E-state index contributed by atoms with van der Waals surface area (Å²) in [6, 6.07) is 11.1. The van der Waals surface area contributed by atoms with E-state index in [1.165, 1.54) is 5.56 Å². The lowest BCUT2D eigenvalue weighted by molar-refractivity contribution is 0.526. The molecule has 0 radical (unpaired) electrons. The molecule has 1 aromatic heterocycles. The highest BCUT2D eigenvalue weighted by Gasteiger charge is 2.18. The zero-order valence-electron chi connectivity index (χ0n) is 13.2.